The van der Waals surface area contributed by atoms with Crippen LogP contribution in [0, 0.1) is 0 Å². The first-order chi connectivity index (χ1) is 15.8. The van der Waals surface area contributed by atoms with Crippen molar-refractivity contribution in [3.63, 3.8) is 0 Å². The molecule has 0 fully saturated rings. The van der Waals surface area contributed by atoms with Gasteiger partial charge in [0.15, 0.2) is 0 Å². The molecule has 4 aromatic rings. The van der Waals surface area contributed by atoms with Gasteiger partial charge in [-0.15, -0.1) is 0 Å². The lowest BCUT2D eigenvalue weighted by molar-refractivity contribution is 0.414. The normalized spacial score (nSPS) is 13.9. The molecule has 0 amide bonds. The lowest BCUT2D eigenvalue weighted by Crippen LogP contribution is -2.01. The van der Waals surface area contributed by atoms with Crippen molar-refractivity contribution in [2.75, 3.05) is 14.2 Å². The van der Waals surface area contributed by atoms with Crippen LogP contribution < -0.4 is 9.47 Å². The highest BCUT2D eigenvalue weighted by molar-refractivity contribution is 6.44. The summed E-state index contributed by atoms with van der Waals surface area (Å²) in [5, 5.41) is 0. The summed E-state index contributed by atoms with van der Waals surface area (Å²) < 4.78 is 10.8. The maximum atomic E-state index is 5.39. The summed E-state index contributed by atoms with van der Waals surface area (Å²) in [6.45, 7) is 0. The highest BCUT2D eigenvalue weighted by Crippen LogP contribution is 2.43. The molecule has 4 aromatic carbocycles. The molecule has 3 heteroatoms. The van der Waals surface area contributed by atoms with Gasteiger partial charge in [-0.2, -0.15) is 0 Å². The first-order valence-corrected chi connectivity index (χ1v) is 10.6. The summed E-state index contributed by atoms with van der Waals surface area (Å²) in [5.74, 6) is 1.67. The van der Waals surface area contributed by atoms with Crippen molar-refractivity contribution in [2.45, 2.75) is 0 Å². The first kappa shape index (κ1) is 19.8. The third-order valence-corrected chi connectivity index (χ3v) is 5.69. The van der Waals surface area contributed by atoms with Crippen molar-refractivity contribution in [3.05, 3.63) is 125 Å². The number of hydrogen-bond acceptors (Lipinski definition) is 3. The molecule has 1 aliphatic carbocycles. The van der Waals surface area contributed by atoms with Gasteiger partial charge in [-0.1, -0.05) is 66.7 Å². The van der Waals surface area contributed by atoms with E-state index in [1.165, 1.54) is 11.1 Å². The Labute approximate surface area is 188 Å². The zero-order valence-electron chi connectivity index (χ0n) is 18.1. The molecule has 0 aliphatic heterocycles. The Morgan fingerprint density at radius 1 is 0.500 bits per heavy atom. The molecule has 0 N–H and O–H groups in total. The van der Waals surface area contributed by atoms with E-state index in [4.69, 9.17) is 14.5 Å². The Hall–Kier alpha value is -4.11. The second-order valence-electron chi connectivity index (χ2n) is 7.55. The second-order valence-corrected chi connectivity index (χ2v) is 7.55. The molecule has 0 heterocycles. The van der Waals surface area contributed by atoms with Gasteiger partial charge in [-0.25, -0.2) is 4.99 Å². The molecular weight excluding hydrogens is 394 g/mol. The average molecular weight is 418 g/mol. The lowest BCUT2D eigenvalue weighted by atomic mass is 9.94. The van der Waals surface area contributed by atoms with E-state index in [1.54, 1.807) is 14.2 Å². The van der Waals surface area contributed by atoms with E-state index in [9.17, 15) is 0 Å². The van der Waals surface area contributed by atoms with Crippen molar-refractivity contribution < 1.29 is 9.47 Å². The third-order valence-electron chi connectivity index (χ3n) is 5.69. The number of aliphatic imine (C=N–C) groups is 1. The van der Waals surface area contributed by atoms with Gasteiger partial charge in [0, 0.05) is 11.1 Å². The van der Waals surface area contributed by atoms with E-state index >= 15 is 0 Å². The minimum absolute atomic E-state index is 0.831. The van der Waals surface area contributed by atoms with Crippen molar-refractivity contribution in [1.29, 1.82) is 0 Å². The molecule has 0 unspecified atom stereocenters. The molecule has 0 saturated carbocycles. The van der Waals surface area contributed by atoms with E-state index in [-0.39, 0.29) is 0 Å². The minimum atomic E-state index is 0.831. The van der Waals surface area contributed by atoms with Gasteiger partial charge in [-0.3, -0.25) is 0 Å². The maximum Gasteiger partial charge on any atom is 0.118 e. The number of hydrogen-bond donors (Lipinski definition) is 0. The first-order valence-electron chi connectivity index (χ1n) is 10.6. The highest BCUT2D eigenvalue weighted by atomic mass is 16.5. The summed E-state index contributed by atoms with van der Waals surface area (Å²) in [6, 6.07) is 35.0. The summed E-state index contributed by atoms with van der Waals surface area (Å²) >= 11 is 0. The largest absolute Gasteiger partial charge is 0.497 e. The Balaban J connectivity index is 1.79. The highest BCUT2D eigenvalue weighted by Gasteiger charge is 2.29. The predicted octanol–water partition coefficient (Wildman–Crippen LogP) is 6.80. The molecule has 5 rings (SSSR count). The van der Waals surface area contributed by atoms with E-state index in [1.807, 2.05) is 54.6 Å². The quantitative estimate of drug-likeness (QED) is 0.358. The monoisotopic (exact) mass is 417 g/mol. The van der Waals surface area contributed by atoms with Crippen LogP contribution >= 0.6 is 0 Å². The Morgan fingerprint density at radius 3 is 1.56 bits per heavy atom. The van der Waals surface area contributed by atoms with Gasteiger partial charge in [0.1, 0.15) is 11.5 Å². The molecule has 3 nitrogen and oxygen atoms in total. The summed E-state index contributed by atoms with van der Waals surface area (Å²) in [5.41, 5.74) is 8.73. The van der Waals surface area contributed by atoms with Crippen LogP contribution in [0.2, 0.25) is 0 Å². The number of fused-ring (bicyclic) bond motifs is 1. The number of allylic oxidation sites excluding steroid dienone is 1. The van der Waals surface area contributed by atoms with Crippen LogP contribution in [0.1, 0.15) is 22.3 Å². The van der Waals surface area contributed by atoms with Gasteiger partial charge >= 0.3 is 0 Å². The fraction of sp³-hybridized carbons (Fsp3) is 0.0690. The lowest BCUT2D eigenvalue weighted by Gasteiger charge is -2.12. The van der Waals surface area contributed by atoms with Crippen LogP contribution in [0.5, 0.6) is 11.5 Å². The number of nitrogens with zero attached hydrogens (tertiary/aromatic N) is 1. The van der Waals surface area contributed by atoms with Crippen LogP contribution in [0.3, 0.4) is 0 Å². The van der Waals surface area contributed by atoms with Gasteiger partial charge in [0.25, 0.3) is 0 Å². The fourth-order valence-corrected chi connectivity index (χ4v) is 4.14. The fourth-order valence-electron chi connectivity index (χ4n) is 4.14. The van der Waals surface area contributed by atoms with E-state index in [0.717, 1.165) is 45.2 Å². The molecular formula is C29H23NO2. The SMILES string of the molecule is COc1ccc(C2=C(c3ccc(OC)cc3)c3ccccc3C2=Nc2ccccc2)cc1. The smallest absolute Gasteiger partial charge is 0.118 e. The molecule has 0 atom stereocenters. The van der Waals surface area contributed by atoms with E-state index < -0.39 is 0 Å². The topological polar surface area (TPSA) is 30.8 Å². The molecule has 0 saturated heterocycles. The average Bonchev–Trinajstić information content (AvgIpc) is 3.19. The van der Waals surface area contributed by atoms with Crippen molar-refractivity contribution >= 4 is 22.5 Å². The number of methoxy groups -OCH3 is 2. The zero-order valence-corrected chi connectivity index (χ0v) is 18.1. The predicted molar refractivity (Wildman–Crippen MR) is 131 cm³/mol. The molecule has 1 aliphatic rings. The maximum absolute atomic E-state index is 5.39. The molecule has 156 valence electrons. The molecule has 0 spiro atoms. The molecule has 0 radical (unpaired) electrons. The Bertz CT molecular complexity index is 1300. The third kappa shape index (κ3) is 3.58. The number of benzene rings is 4. The minimum Gasteiger partial charge on any atom is -0.497 e. The number of para-hydroxylation sites is 1. The Kier molecular flexibility index (Phi) is 5.30. The number of rotatable bonds is 5. The van der Waals surface area contributed by atoms with Crippen LogP contribution in [0.15, 0.2) is 108 Å². The standard InChI is InChI=1S/C29H23NO2/c1-31-23-16-12-20(13-17-23)27-25-10-6-7-11-26(25)29(30-22-8-4-3-5-9-22)28(27)21-14-18-24(32-2)19-15-21/h3-19H,1-2H3. The van der Waals surface area contributed by atoms with E-state index in [0.29, 0.717) is 0 Å². The van der Waals surface area contributed by atoms with E-state index in [2.05, 4.69) is 48.5 Å². The van der Waals surface area contributed by atoms with Crippen LogP contribution in [-0.4, -0.2) is 19.9 Å². The molecule has 0 aromatic heterocycles. The zero-order chi connectivity index (χ0) is 21.9. The van der Waals surface area contributed by atoms with Crippen LogP contribution in [0.25, 0.3) is 11.1 Å². The second kappa shape index (κ2) is 8.56. The van der Waals surface area contributed by atoms with Crippen molar-refractivity contribution in [3.8, 4) is 11.5 Å². The van der Waals surface area contributed by atoms with Gasteiger partial charge in [0.2, 0.25) is 0 Å². The van der Waals surface area contributed by atoms with Crippen LogP contribution in [0.4, 0.5) is 5.69 Å². The number of ether oxygens (including phenoxy) is 2. The van der Waals surface area contributed by atoms with Crippen molar-refractivity contribution in [2.24, 2.45) is 4.99 Å². The summed E-state index contributed by atoms with van der Waals surface area (Å²) in [7, 11) is 3.37. The van der Waals surface area contributed by atoms with Crippen molar-refractivity contribution in [1.82, 2.24) is 0 Å². The Morgan fingerprint density at radius 2 is 1.00 bits per heavy atom. The van der Waals surface area contributed by atoms with Gasteiger partial charge in [-0.05, 0) is 58.7 Å². The molecule has 32 heavy (non-hydrogen) atoms. The summed E-state index contributed by atoms with van der Waals surface area (Å²) in [4.78, 5) is 5.11. The van der Waals surface area contributed by atoms with Crippen LogP contribution in [-0.2, 0) is 0 Å². The van der Waals surface area contributed by atoms with Gasteiger partial charge < -0.3 is 9.47 Å². The molecule has 0 bridgehead atoms. The van der Waals surface area contributed by atoms with Gasteiger partial charge in [0.05, 0.1) is 25.6 Å². The summed E-state index contributed by atoms with van der Waals surface area (Å²) in [6.07, 6.45) is 0.